The Balaban J connectivity index is 2.19. The fourth-order valence-electron chi connectivity index (χ4n) is 3.57. The number of anilines is 2. The highest BCUT2D eigenvalue weighted by molar-refractivity contribution is 5.94. The Hall–Kier alpha value is -3.04. The molecule has 3 heterocycles. The van der Waals surface area contributed by atoms with Gasteiger partial charge in [0.1, 0.15) is 5.82 Å². The van der Waals surface area contributed by atoms with E-state index in [1.165, 1.54) is 4.57 Å². The molecule has 0 aliphatic rings. The van der Waals surface area contributed by atoms with Gasteiger partial charge < -0.3 is 25.8 Å². The number of nitrogens with zero attached hydrogens (tertiary/aromatic N) is 4. The third-order valence-electron chi connectivity index (χ3n) is 5.67. The Morgan fingerprint density at radius 3 is 2.47 bits per heavy atom. The fourth-order valence-corrected chi connectivity index (χ4v) is 3.57. The first-order chi connectivity index (χ1) is 15.0. The van der Waals surface area contributed by atoms with Crippen LogP contribution in [0.5, 0.6) is 0 Å². The van der Waals surface area contributed by atoms with Crippen LogP contribution in [0.3, 0.4) is 0 Å². The van der Waals surface area contributed by atoms with E-state index in [2.05, 4.69) is 15.3 Å². The second-order valence-electron chi connectivity index (χ2n) is 9.31. The maximum Gasteiger partial charge on any atom is 0.262 e. The SMILES string of the molecule is CCC(O)(Cn1ccc2cc(-c3cnc(N)nc3)nc(NC(C)(C)C)c2c1=O)C(C)CO. The third kappa shape index (κ3) is 4.89. The van der Waals surface area contributed by atoms with Gasteiger partial charge in [0.25, 0.3) is 5.56 Å². The quantitative estimate of drug-likeness (QED) is 0.439. The molecule has 0 saturated carbocycles. The summed E-state index contributed by atoms with van der Waals surface area (Å²) in [4.78, 5) is 26.3. The Kier molecular flexibility index (Phi) is 6.52. The highest BCUT2D eigenvalue weighted by Gasteiger charge is 2.32. The highest BCUT2D eigenvalue weighted by atomic mass is 16.3. The Morgan fingerprint density at radius 2 is 1.91 bits per heavy atom. The molecule has 0 bridgehead atoms. The molecule has 9 heteroatoms. The molecular weight excluding hydrogens is 408 g/mol. The van der Waals surface area contributed by atoms with Crippen LogP contribution < -0.4 is 16.6 Å². The van der Waals surface area contributed by atoms with Crippen LogP contribution in [0, 0.1) is 5.92 Å². The molecule has 0 spiro atoms. The molecule has 172 valence electrons. The first-order valence-electron chi connectivity index (χ1n) is 10.7. The van der Waals surface area contributed by atoms with Gasteiger partial charge in [0.15, 0.2) is 0 Å². The minimum atomic E-state index is -1.21. The molecular formula is C23H32N6O3. The number of hydrogen-bond donors (Lipinski definition) is 4. The summed E-state index contributed by atoms with van der Waals surface area (Å²) in [6, 6.07) is 3.64. The number of nitrogen functional groups attached to an aromatic ring is 1. The van der Waals surface area contributed by atoms with Crippen molar-refractivity contribution < 1.29 is 10.2 Å². The van der Waals surface area contributed by atoms with Gasteiger partial charge in [-0.05, 0) is 44.7 Å². The van der Waals surface area contributed by atoms with Gasteiger partial charge in [-0.25, -0.2) is 15.0 Å². The van der Waals surface area contributed by atoms with Crippen molar-refractivity contribution in [2.24, 2.45) is 5.92 Å². The summed E-state index contributed by atoms with van der Waals surface area (Å²) >= 11 is 0. The molecule has 0 fully saturated rings. The molecule has 2 atom stereocenters. The van der Waals surface area contributed by atoms with Gasteiger partial charge in [-0.3, -0.25) is 4.79 Å². The number of fused-ring (bicyclic) bond motifs is 1. The molecule has 32 heavy (non-hydrogen) atoms. The number of nitrogens with two attached hydrogens (primary N) is 1. The monoisotopic (exact) mass is 440 g/mol. The van der Waals surface area contributed by atoms with E-state index in [0.29, 0.717) is 34.3 Å². The zero-order valence-electron chi connectivity index (χ0n) is 19.3. The second kappa shape index (κ2) is 8.84. The van der Waals surface area contributed by atoms with Crippen molar-refractivity contribution in [3.63, 3.8) is 0 Å². The van der Waals surface area contributed by atoms with Crippen molar-refractivity contribution in [1.29, 1.82) is 0 Å². The van der Waals surface area contributed by atoms with Gasteiger partial charge in [0.05, 0.1) is 23.2 Å². The Morgan fingerprint density at radius 1 is 1.25 bits per heavy atom. The molecule has 2 unspecified atom stereocenters. The zero-order chi connectivity index (χ0) is 23.7. The number of hydrogen-bond acceptors (Lipinski definition) is 8. The van der Waals surface area contributed by atoms with Crippen LogP contribution in [0.15, 0.2) is 35.5 Å². The van der Waals surface area contributed by atoms with Crippen LogP contribution in [0.25, 0.3) is 22.0 Å². The van der Waals surface area contributed by atoms with E-state index in [9.17, 15) is 15.0 Å². The molecule has 0 radical (unpaired) electrons. The predicted octanol–water partition coefficient (Wildman–Crippen LogP) is 2.42. The van der Waals surface area contributed by atoms with Crippen LogP contribution in [-0.2, 0) is 6.54 Å². The standard InChI is InChI=1S/C23H32N6O3/c1-6-23(32,14(2)12-30)13-29-8-7-15-9-17(16-10-25-21(24)26-11-16)27-19(18(15)20(29)31)28-22(3,4)5/h7-11,14,30,32H,6,12-13H2,1-5H3,(H,27,28)(H2,24,25,26). The largest absolute Gasteiger partial charge is 0.396 e. The first kappa shape index (κ1) is 23.6. The number of pyridine rings is 2. The van der Waals surface area contributed by atoms with Crippen LogP contribution >= 0.6 is 0 Å². The predicted molar refractivity (Wildman–Crippen MR) is 126 cm³/mol. The van der Waals surface area contributed by atoms with Gasteiger partial charge in [0, 0.05) is 42.2 Å². The molecule has 0 aliphatic carbocycles. The van der Waals surface area contributed by atoms with Crippen molar-refractivity contribution in [2.45, 2.75) is 58.7 Å². The lowest BCUT2D eigenvalue weighted by Gasteiger charge is -2.33. The van der Waals surface area contributed by atoms with E-state index >= 15 is 0 Å². The average molecular weight is 441 g/mol. The summed E-state index contributed by atoms with van der Waals surface area (Å²) in [5, 5.41) is 25.1. The molecule has 0 amide bonds. The van der Waals surface area contributed by atoms with E-state index in [1.54, 1.807) is 25.5 Å². The molecule has 5 N–H and O–H groups in total. The van der Waals surface area contributed by atoms with Gasteiger partial charge in [-0.15, -0.1) is 0 Å². The van der Waals surface area contributed by atoms with Crippen molar-refractivity contribution in [3.05, 3.63) is 41.1 Å². The van der Waals surface area contributed by atoms with Crippen molar-refractivity contribution in [3.8, 4) is 11.3 Å². The lowest BCUT2D eigenvalue weighted by atomic mass is 9.86. The summed E-state index contributed by atoms with van der Waals surface area (Å²) in [5.74, 6) is 0.232. The summed E-state index contributed by atoms with van der Waals surface area (Å²) in [6.07, 6.45) is 5.26. The lowest BCUT2D eigenvalue weighted by molar-refractivity contribution is -0.0491. The first-order valence-corrected chi connectivity index (χ1v) is 10.7. The van der Waals surface area contributed by atoms with Gasteiger partial charge >= 0.3 is 0 Å². The summed E-state index contributed by atoms with van der Waals surface area (Å²) < 4.78 is 1.49. The van der Waals surface area contributed by atoms with Crippen LogP contribution in [0.1, 0.15) is 41.0 Å². The zero-order valence-corrected chi connectivity index (χ0v) is 19.3. The minimum absolute atomic E-state index is 0.0719. The Bertz CT molecular complexity index is 1150. The maximum atomic E-state index is 13.5. The van der Waals surface area contributed by atoms with Crippen molar-refractivity contribution in [1.82, 2.24) is 19.5 Å². The second-order valence-corrected chi connectivity index (χ2v) is 9.31. The third-order valence-corrected chi connectivity index (χ3v) is 5.67. The number of rotatable bonds is 7. The van der Waals surface area contributed by atoms with Gasteiger partial charge in [-0.1, -0.05) is 13.8 Å². The van der Waals surface area contributed by atoms with Crippen molar-refractivity contribution >= 4 is 22.5 Å². The average Bonchev–Trinajstić information content (AvgIpc) is 2.74. The summed E-state index contributed by atoms with van der Waals surface area (Å²) in [5.41, 5.74) is 5.07. The van der Waals surface area contributed by atoms with E-state index in [-0.39, 0.29) is 36.1 Å². The van der Waals surface area contributed by atoms with Crippen molar-refractivity contribution in [2.75, 3.05) is 17.7 Å². The van der Waals surface area contributed by atoms with Gasteiger partial charge in [-0.2, -0.15) is 0 Å². The highest BCUT2D eigenvalue weighted by Crippen LogP contribution is 2.28. The van der Waals surface area contributed by atoms with Crippen LogP contribution in [0.2, 0.25) is 0 Å². The Labute approximate surface area is 187 Å². The molecule has 0 saturated heterocycles. The maximum absolute atomic E-state index is 13.5. The molecule has 0 aliphatic heterocycles. The lowest BCUT2D eigenvalue weighted by Crippen LogP contribution is -2.44. The fraction of sp³-hybridized carbons (Fsp3) is 0.478. The number of aliphatic hydroxyl groups excluding tert-OH is 1. The van der Waals surface area contributed by atoms with Gasteiger partial charge in [0.2, 0.25) is 5.95 Å². The molecule has 3 aromatic rings. The number of aliphatic hydroxyl groups is 2. The van der Waals surface area contributed by atoms with E-state index in [0.717, 1.165) is 0 Å². The minimum Gasteiger partial charge on any atom is -0.396 e. The normalized spacial score (nSPS) is 14.8. The molecule has 3 aromatic heterocycles. The summed E-state index contributed by atoms with van der Waals surface area (Å²) in [6.45, 7) is 9.47. The van der Waals surface area contributed by atoms with E-state index in [4.69, 9.17) is 10.7 Å². The topological polar surface area (TPSA) is 139 Å². The molecule has 0 aromatic carbocycles. The van der Waals surface area contributed by atoms with E-state index < -0.39 is 5.60 Å². The summed E-state index contributed by atoms with van der Waals surface area (Å²) in [7, 11) is 0. The number of nitrogens with one attached hydrogen (secondary N) is 1. The molecule has 9 nitrogen and oxygen atoms in total. The smallest absolute Gasteiger partial charge is 0.262 e. The van der Waals surface area contributed by atoms with Crippen LogP contribution in [0.4, 0.5) is 11.8 Å². The van der Waals surface area contributed by atoms with E-state index in [1.807, 2.05) is 39.8 Å². The number of aromatic nitrogens is 4. The van der Waals surface area contributed by atoms with Crippen LogP contribution in [-0.4, -0.2) is 47.5 Å². The molecule has 3 rings (SSSR count).